The summed E-state index contributed by atoms with van der Waals surface area (Å²) in [6.07, 6.45) is 0.515. The van der Waals surface area contributed by atoms with Gasteiger partial charge >= 0.3 is 11.9 Å². The molecule has 0 radical (unpaired) electrons. The van der Waals surface area contributed by atoms with Crippen molar-refractivity contribution < 1.29 is 33.8 Å². The Balaban J connectivity index is 1.92. The van der Waals surface area contributed by atoms with Crippen molar-refractivity contribution in [3.05, 3.63) is 101 Å². The molecule has 1 unspecified atom stereocenters. The van der Waals surface area contributed by atoms with Crippen LogP contribution in [0.3, 0.4) is 0 Å². The summed E-state index contributed by atoms with van der Waals surface area (Å²) in [7, 11) is 0. The first kappa shape index (κ1) is 28.6. The predicted molar refractivity (Wildman–Crippen MR) is 141 cm³/mol. The molecule has 0 fully saturated rings. The minimum atomic E-state index is -1.89. The predicted octanol–water partition coefficient (Wildman–Crippen LogP) is 5.91. The van der Waals surface area contributed by atoms with E-state index in [2.05, 4.69) is 0 Å². The SMILES string of the molecule is CC(C)(C)OC(CO)CCCC(OC(=O)c1ccc([N+](=O)[O-])cc1)(Oc1ccccc1)Oc1ccccc1. The van der Waals surface area contributed by atoms with Crippen LogP contribution in [0.1, 0.15) is 50.4 Å². The minimum Gasteiger partial charge on any atom is -0.421 e. The fourth-order valence-corrected chi connectivity index (χ4v) is 3.70. The molecule has 9 nitrogen and oxygen atoms in total. The Morgan fingerprint density at radius 1 is 0.895 bits per heavy atom. The number of esters is 1. The first-order chi connectivity index (χ1) is 18.1. The maximum absolute atomic E-state index is 13.2. The Kier molecular flexibility index (Phi) is 9.81. The highest BCUT2D eigenvalue weighted by atomic mass is 16.9. The molecule has 1 atom stereocenters. The van der Waals surface area contributed by atoms with Gasteiger partial charge in [0.2, 0.25) is 0 Å². The van der Waals surface area contributed by atoms with Crippen molar-refractivity contribution in [1.82, 2.24) is 0 Å². The average molecular weight is 524 g/mol. The second-order valence-corrected chi connectivity index (χ2v) is 9.63. The summed E-state index contributed by atoms with van der Waals surface area (Å²) in [5, 5.41) is 20.8. The van der Waals surface area contributed by atoms with Crippen LogP contribution in [0.25, 0.3) is 0 Å². The molecule has 0 aliphatic carbocycles. The van der Waals surface area contributed by atoms with Crippen LogP contribution in [-0.4, -0.2) is 40.3 Å². The number of ether oxygens (including phenoxy) is 4. The maximum atomic E-state index is 13.2. The van der Waals surface area contributed by atoms with E-state index in [1.54, 1.807) is 48.5 Å². The van der Waals surface area contributed by atoms with Crippen molar-refractivity contribution in [2.75, 3.05) is 6.61 Å². The van der Waals surface area contributed by atoms with Gasteiger partial charge < -0.3 is 24.1 Å². The molecule has 0 amide bonds. The smallest absolute Gasteiger partial charge is 0.419 e. The zero-order valence-electron chi connectivity index (χ0n) is 21.7. The van der Waals surface area contributed by atoms with E-state index < -0.39 is 28.6 Å². The second-order valence-electron chi connectivity index (χ2n) is 9.63. The van der Waals surface area contributed by atoms with E-state index in [4.69, 9.17) is 18.9 Å². The Bertz CT molecular complexity index is 1120. The Labute approximate surface area is 222 Å². The Morgan fingerprint density at radius 3 is 1.87 bits per heavy atom. The third-order valence-corrected chi connectivity index (χ3v) is 5.33. The molecule has 3 rings (SSSR count). The average Bonchev–Trinajstić information content (AvgIpc) is 2.88. The number of para-hydroxylation sites is 2. The molecule has 0 saturated carbocycles. The Morgan fingerprint density at radius 2 is 1.42 bits per heavy atom. The van der Waals surface area contributed by atoms with Crippen molar-refractivity contribution in [3.63, 3.8) is 0 Å². The van der Waals surface area contributed by atoms with Crippen molar-refractivity contribution in [2.24, 2.45) is 0 Å². The molecule has 1 N–H and O–H groups in total. The third kappa shape index (κ3) is 8.86. The van der Waals surface area contributed by atoms with Gasteiger partial charge in [0.15, 0.2) is 0 Å². The number of non-ortho nitro benzene ring substituents is 1. The first-order valence-corrected chi connectivity index (χ1v) is 12.3. The Hall–Kier alpha value is -3.95. The van der Waals surface area contributed by atoms with E-state index in [-0.39, 0.29) is 24.3 Å². The lowest BCUT2D eigenvalue weighted by Crippen LogP contribution is -2.47. The molecule has 0 aliphatic heterocycles. The van der Waals surface area contributed by atoms with Crippen molar-refractivity contribution in [2.45, 2.75) is 57.7 Å². The van der Waals surface area contributed by atoms with E-state index >= 15 is 0 Å². The number of carbonyl (C=O) groups is 1. The number of nitro benzene ring substituents is 1. The van der Waals surface area contributed by atoms with E-state index in [1.807, 2.05) is 32.9 Å². The number of benzene rings is 3. The van der Waals surface area contributed by atoms with Gasteiger partial charge in [0, 0.05) is 12.1 Å². The molecule has 9 heteroatoms. The number of hydrogen-bond acceptors (Lipinski definition) is 8. The number of nitrogens with zero attached hydrogens (tertiary/aromatic N) is 1. The molecule has 0 aromatic heterocycles. The van der Waals surface area contributed by atoms with Gasteiger partial charge in [-0.15, -0.1) is 0 Å². The topological polar surface area (TPSA) is 117 Å². The fourth-order valence-electron chi connectivity index (χ4n) is 3.70. The number of rotatable bonds is 13. The van der Waals surface area contributed by atoms with Crippen LogP contribution in [0.15, 0.2) is 84.9 Å². The number of aliphatic hydroxyl groups is 1. The van der Waals surface area contributed by atoms with Crippen LogP contribution >= 0.6 is 0 Å². The van der Waals surface area contributed by atoms with Crippen LogP contribution in [0.4, 0.5) is 5.69 Å². The van der Waals surface area contributed by atoms with Crippen LogP contribution in [0.5, 0.6) is 11.5 Å². The van der Waals surface area contributed by atoms with Gasteiger partial charge in [-0.2, -0.15) is 0 Å². The fraction of sp³-hybridized carbons (Fsp3) is 0.345. The van der Waals surface area contributed by atoms with Gasteiger partial charge in [-0.05, 0) is 70.0 Å². The number of nitro groups is 1. The van der Waals surface area contributed by atoms with Gasteiger partial charge in [-0.25, -0.2) is 4.79 Å². The normalized spacial score (nSPS) is 12.4. The van der Waals surface area contributed by atoms with Gasteiger partial charge in [0.05, 0.1) is 35.2 Å². The van der Waals surface area contributed by atoms with Crippen molar-refractivity contribution >= 4 is 11.7 Å². The zero-order chi connectivity index (χ0) is 27.6. The van der Waals surface area contributed by atoms with Gasteiger partial charge in [-0.3, -0.25) is 10.1 Å². The summed E-state index contributed by atoms with van der Waals surface area (Å²) in [6.45, 7) is 5.54. The summed E-state index contributed by atoms with van der Waals surface area (Å²) in [5.41, 5.74) is -0.506. The minimum absolute atomic E-state index is 0.0950. The lowest BCUT2D eigenvalue weighted by molar-refractivity contribution is -0.384. The summed E-state index contributed by atoms with van der Waals surface area (Å²) in [5.74, 6) is -1.85. The van der Waals surface area contributed by atoms with Crippen LogP contribution < -0.4 is 9.47 Å². The second kappa shape index (κ2) is 13.0. The molecular formula is C29H33NO8. The lowest BCUT2D eigenvalue weighted by atomic mass is 10.1. The monoisotopic (exact) mass is 523 g/mol. The molecule has 3 aromatic carbocycles. The maximum Gasteiger partial charge on any atom is 0.419 e. The molecule has 38 heavy (non-hydrogen) atoms. The molecular weight excluding hydrogens is 490 g/mol. The molecule has 0 aliphatic rings. The van der Waals surface area contributed by atoms with Gasteiger partial charge in [0.1, 0.15) is 11.5 Å². The summed E-state index contributed by atoms with van der Waals surface area (Å²) in [6, 6.07) is 22.7. The van der Waals surface area contributed by atoms with Crippen LogP contribution in [0, 0.1) is 10.1 Å². The zero-order valence-corrected chi connectivity index (χ0v) is 21.7. The summed E-state index contributed by atoms with van der Waals surface area (Å²) >= 11 is 0. The van der Waals surface area contributed by atoms with Gasteiger partial charge in [0.25, 0.3) is 5.69 Å². The highest BCUT2D eigenvalue weighted by Crippen LogP contribution is 2.31. The van der Waals surface area contributed by atoms with Crippen LogP contribution in [0.2, 0.25) is 0 Å². The van der Waals surface area contributed by atoms with E-state index in [9.17, 15) is 20.0 Å². The highest BCUT2D eigenvalue weighted by Gasteiger charge is 2.41. The van der Waals surface area contributed by atoms with Crippen molar-refractivity contribution in [3.8, 4) is 11.5 Å². The molecule has 0 saturated heterocycles. The molecule has 202 valence electrons. The highest BCUT2D eigenvalue weighted by molar-refractivity contribution is 5.89. The largest absolute Gasteiger partial charge is 0.421 e. The number of carbonyl (C=O) groups excluding carboxylic acids is 1. The van der Waals surface area contributed by atoms with Crippen molar-refractivity contribution in [1.29, 1.82) is 0 Å². The number of aliphatic hydroxyl groups excluding tert-OH is 1. The molecule has 0 bridgehead atoms. The molecule has 0 spiro atoms. The van der Waals surface area contributed by atoms with Crippen LogP contribution in [-0.2, 0) is 9.47 Å². The standard InChI is InChI=1S/C29H33NO8/c1-28(2,3)35-26(21-31)15-10-20-29(36-24-11-6-4-7-12-24,37-25-13-8-5-9-14-25)38-27(32)22-16-18-23(19-17-22)30(33)34/h4-9,11-14,16-19,26,31H,10,15,20-21H2,1-3H3. The summed E-state index contributed by atoms with van der Waals surface area (Å²) < 4.78 is 24.2. The molecule has 0 heterocycles. The number of hydrogen-bond donors (Lipinski definition) is 1. The first-order valence-electron chi connectivity index (χ1n) is 12.3. The van der Waals surface area contributed by atoms with E-state index in [0.717, 1.165) is 0 Å². The quantitative estimate of drug-likeness (QED) is 0.127. The van der Waals surface area contributed by atoms with Gasteiger partial charge in [-0.1, -0.05) is 36.4 Å². The third-order valence-electron chi connectivity index (χ3n) is 5.33. The molecule has 3 aromatic rings. The van der Waals surface area contributed by atoms with E-state index in [1.165, 1.54) is 24.3 Å². The lowest BCUT2D eigenvalue weighted by Gasteiger charge is -2.34. The summed E-state index contributed by atoms with van der Waals surface area (Å²) in [4.78, 5) is 23.7. The van der Waals surface area contributed by atoms with E-state index in [0.29, 0.717) is 24.3 Å².